The third-order valence-electron chi connectivity index (χ3n) is 4.38. The molecule has 0 spiro atoms. The van der Waals surface area contributed by atoms with E-state index in [0.717, 1.165) is 37.4 Å². The second-order valence-electron chi connectivity index (χ2n) is 6.39. The number of hydrogen-bond donors (Lipinski definition) is 1. The summed E-state index contributed by atoms with van der Waals surface area (Å²) in [4.78, 5) is 23.6. The largest absolute Gasteiger partial charge is 0.356 e. The number of anilines is 1. The predicted molar refractivity (Wildman–Crippen MR) is 95.1 cm³/mol. The van der Waals surface area contributed by atoms with Crippen molar-refractivity contribution < 1.29 is 4.79 Å². The minimum Gasteiger partial charge on any atom is -0.356 e. The van der Waals surface area contributed by atoms with Gasteiger partial charge in [-0.1, -0.05) is 13.0 Å². The van der Waals surface area contributed by atoms with E-state index >= 15 is 0 Å². The van der Waals surface area contributed by atoms with E-state index in [1.807, 2.05) is 30.3 Å². The molecule has 3 heterocycles. The summed E-state index contributed by atoms with van der Waals surface area (Å²) in [5.41, 5.74) is 1.64. The van der Waals surface area contributed by atoms with E-state index < -0.39 is 0 Å². The average molecular weight is 324 g/mol. The number of nitrogens with one attached hydrogen (secondary N) is 1. The molecule has 2 aromatic heterocycles. The van der Waals surface area contributed by atoms with Gasteiger partial charge in [0.05, 0.1) is 5.56 Å². The van der Waals surface area contributed by atoms with Crippen LogP contribution >= 0.6 is 0 Å². The zero-order valence-electron chi connectivity index (χ0n) is 14.1. The van der Waals surface area contributed by atoms with Crippen molar-refractivity contribution >= 4 is 11.7 Å². The molecule has 1 fully saturated rings. The van der Waals surface area contributed by atoms with Crippen LogP contribution < -0.4 is 10.2 Å². The molecule has 0 aliphatic carbocycles. The number of pyridine rings is 2. The highest BCUT2D eigenvalue weighted by Gasteiger charge is 2.22. The molecule has 1 saturated heterocycles. The molecule has 2 aromatic rings. The molecule has 1 amide bonds. The summed E-state index contributed by atoms with van der Waals surface area (Å²) in [6.07, 6.45) is 6.66. The van der Waals surface area contributed by atoms with E-state index in [2.05, 4.69) is 27.1 Å². The Morgan fingerprint density at radius 2 is 2.12 bits per heavy atom. The second-order valence-corrected chi connectivity index (χ2v) is 6.39. The zero-order valence-corrected chi connectivity index (χ0v) is 14.1. The van der Waals surface area contributed by atoms with Crippen LogP contribution in [0.4, 0.5) is 5.82 Å². The van der Waals surface area contributed by atoms with Gasteiger partial charge in [-0.25, -0.2) is 4.98 Å². The van der Waals surface area contributed by atoms with Crippen LogP contribution in [0.15, 0.2) is 42.7 Å². The number of amides is 1. The zero-order chi connectivity index (χ0) is 16.8. The number of carbonyl (C=O) groups excluding carboxylic acids is 1. The maximum atomic E-state index is 12.6. The van der Waals surface area contributed by atoms with Crippen molar-refractivity contribution in [3.05, 3.63) is 54.0 Å². The van der Waals surface area contributed by atoms with Gasteiger partial charge in [-0.3, -0.25) is 9.78 Å². The Morgan fingerprint density at radius 3 is 2.92 bits per heavy atom. The lowest BCUT2D eigenvalue weighted by molar-refractivity contribution is 0.0954. The third-order valence-corrected chi connectivity index (χ3v) is 4.38. The molecule has 1 N–H and O–H groups in total. The summed E-state index contributed by atoms with van der Waals surface area (Å²) in [7, 11) is 0. The molecule has 0 aromatic carbocycles. The number of hydrogen-bond acceptors (Lipinski definition) is 4. The minimum absolute atomic E-state index is 0.0627. The van der Waals surface area contributed by atoms with Gasteiger partial charge in [0.15, 0.2) is 0 Å². The normalized spacial score (nSPS) is 17.5. The van der Waals surface area contributed by atoms with Crippen LogP contribution in [0.5, 0.6) is 0 Å². The predicted octanol–water partition coefficient (Wildman–Crippen LogP) is 2.69. The Kier molecular flexibility index (Phi) is 5.41. The standard InChI is InChI=1S/C19H24N4O/c1-15-6-5-13-23(14-15)18-17(8-4-11-21-18)19(24)22-12-9-16-7-2-3-10-20-16/h2-4,7-8,10-11,15H,5-6,9,12-14H2,1H3,(H,22,24). The molecule has 24 heavy (non-hydrogen) atoms. The summed E-state index contributed by atoms with van der Waals surface area (Å²) in [6.45, 7) is 4.75. The number of nitrogens with zero attached hydrogens (tertiary/aromatic N) is 3. The lowest BCUT2D eigenvalue weighted by atomic mass is 10.00. The summed E-state index contributed by atoms with van der Waals surface area (Å²) in [5.74, 6) is 1.38. The first-order valence-electron chi connectivity index (χ1n) is 8.62. The van der Waals surface area contributed by atoms with E-state index in [4.69, 9.17) is 0 Å². The molecule has 126 valence electrons. The van der Waals surface area contributed by atoms with Crippen LogP contribution in [0.1, 0.15) is 35.8 Å². The van der Waals surface area contributed by atoms with Gasteiger partial charge in [0.1, 0.15) is 5.82 Å². The highest BCUT2D eigenvalue weighted by Crippen LogP contribution is 2.24. The van der Waals surface area contributed by atoms with Crippen LogP contribution in [0.2, 0.25) is 0 Å². The van der Waals surface area contributed by atoms with Crippen molar-refractivity contribution in [2.75, 3.05) is 24.5 Å². The SMILES string of the molecule is CC1CCCN(c2ncccc2C(=O)NCCc2ccccn2)C1. The molecule has 0 radical (unpaired) electrons. The van der Waals surface area contributed by atoms with Crippen molar-refractivity contribution in [3.63, 3.8) is 0 Å². The van der Waals surface area contributed by atoms with Gasteiger partial charge in [-0.05, 0) is 43.0 Å². The van der Waals surface area contributed by atoms with Crippen molar-refractivity contribution in [2.45, 2.75) is 26.2 Å². The molecule has 5 heteroatoms. The number of aromatic nitrogens is 2. The van der Waals surface area contributed by atoms with E-state index in [1.54, 1.807) is 12.4 Å². The second kappa shape index (κ2) is 7.90. The minimum atomic E-state index is -0.0627. The summed E-state index contributed by atoms with van der Waals surface area (Å²) >= 11 is 0. The monoisotopic (exact) mass is 324 g/mol. The molecule has 0 bridgehead atoms. The first-order chi connectivity index (χ1) is 11.7. The topological polar surface area (TPSA) is 58.1 Å². The third kappa shape index (κ3) is 4.10. The van der Waals surface area contributed by atoms with E-state index in [9.17, 15) is 4.79 Å². The molecule has 5 nitrogen and oxygen atoms in total. The van der Waals surface area contributed by atoms with Gasteiger partial charge < -0.3 is 10.2 Å². The molecular formula is C19H24N4O. The maximum absolute atomic E-state index is 12.6. The van der Waals surface area contributed by atoms with E-state index in [-0.39, 0.29) is 5.91 Å². The van der Waals surface area contributed by atoms with Crippen LogP contribution in [0.25, 0.3) is 0 Å². The molecule has 1 atom stereocenters. The smallest absolute Gasteiger partial charge is 0.255 e. The van der Waals surface area contributed by atoms with Gasteiger partial charge in [0.25, 0.3) is 5.91 Å². The summed E-state index contributed by atoms with van der Waals surface area (Å²) < 4.78 is 0. The van der Waals surface area contributed by atoms with Crippen molar-refractivity contribution in [2.24, 2.45) is 5.92 Å². The number of carbonyl (C=O) groups is 1. The first-order valence-corrected chi connectivity index (χ1v) is 8.62. The fourth-order valence-electron chi connectivity index (χ4n) is 3.15. The van der Waals surface area contributed by atoms with Gasteiger partial charge in [-0.15, -0.1) is 0 Å². The number of rotatable bonds is 5. The van der Waals surface area contributed by atoms with Crippen LogP contribution in [0, 0.1) is 5.92 Å². The van der Waals surface area contributed by atoms with Gasteiger partial charge in [-0.2, -0.15) is 0 Å². The van der Waals surface area contributed by atoms with E-state index in [0.29, 0.717) is 18.0 Å². The molecule has 1 aliphatic rings. The highest BCUT2D eigenvalue weighted by molar-refractivity contribution is 5.98. The summed E-state index contributed by atoms with van der Waals surface area (Å²) in [6, 6.07) is 9.50. The van der Waals surface area contributed by atoms with Gasteiger partial charge >= 0.3 is 0 Å². The van der Waals surface area contributed by atoms with E-state index in [1.165, 1.54) is 6.42 Å². The summed E-state index contributed by atoms with van der Waals surface area (Å²) in [5, 5.41) is 2.99. The Morgan fingerprint density at radius 1 is 1.25 bits per heavy atom. The molecule has 0 saturated carbocycles. The Balaban J connectivity index is 1.64. The van der Waals surface area contributed by atoms with Gasteiger partial charge in [0, 0.05) is 44.1 Å². The lowest BCUT2D eigenvalue weighted by Gasteiger charge is -2.32. The molecule has 3 rings (SSSR count). The Labute approximate surface area is 143 Å². The lowest BCUT2D eigenvalue weighted by Crippen LogP contribution is -2.37. The molecule has 1 unspecified atom stereocenters. The fourth-order valence-corrected chi connectivity index (χ4v) is 3.15. The van der Waals surface area contributed by atoms with Gasteiger partial charge in [0.2, 0.25) is 0 Å². The molecule has 1 aliphatic heterocycles. The first kappa shape index (κ1) is 16.4. The quantitative estimate of drug-likeness (QED) is 0.919. The number of piperidine rings is 1. The Hall–Kier alpha value is -2.43. The molecular weight excluding hydrogens is 300 g/mol. The van der Waals surface area contributed by atoms with Crippen LogP contribution in [-0.2, 0) is 6.42 Å². The highest BCUT2D eigenvalue weighted by atomic mass is 16.1. The van der Waals surface area contributed by atoms with Crippen LogP contribution in [0.3, 0.4) is 0 Å². The van der Waals surface area contributed by atoms with Crippen LogP contribution in [-0.4, -0.2) is 35.5 Å². The van der Waals surface area contributed by atoms with Crippen molar-refractivity contribution in [3.8, 4) is 0 Å². The average Bonchev–Trinajstić information content (AvgIpc) is 2.62. The fraction of sp³-hybridized carbons (Fsp3) is 0.421. The van der Waals surface area contributed by atoms with Crippen molar-refractivity contribution in [1.29, 1.82) is 0 Å². The Bertz CT molecular complexity index is 674. The van der Waals surface area contributed by atoms with Crippen molar-refractivity contribution in [1.82, 2.24) is 15.3 Å². The maximum Gasteiger partial charge on any atom is 0.255 e.